The second-order valence-electron chi connectivity index (χ2n) is 8.45. The minimum atomic E-state index is -4.69. The molecule has 194 valence electrons. The minimum absolute atomic E-state index is 0.000652. The standard InChI is InChI=1S/C24H23F6N3O3/c25-23(26,27)16-7-4-14(5-8-16)3-1-2-12-35-19-9-6-15(13-17(19)24(28,29)30)21-32-22(36-33-21)20-18(34)10-11-31-20/h4-9,13,18,20,31,34H,1-3,10-12H2/t18-,20-/m0/s1. The summed E-state index contributed by atoms with van der Waals surface area (Å²) in [6.07, 6.45) is -7.92. The maximum atomic E-state index is 13.7. The van der Waals surface area contributed by atoms with E-state index in [9.17, 15) is 31.4 Å². The van der Waals surface area contributed by atoms with Gasteiger partial charge in [-0.1, -0.05) is 17.3 Å². The first kappa shape index (κ1) is 26.0. The summed E-state index contributed by atoms with van der Waals surface area (Å²) in [5.74, 6) is -0.297. The van der Waals surface area contributed by atoms with Gasteiger partial charge in [0.1, 0.15) is 11.8 Å². The Kier molecular flexibility index (Phi) is 7.55. The predicted octanol–water partition coefficient (Wildman–Crippen LogP) is 5.57. The van der Waals surface area contributed by atoms with Gasteiger partial charge in [0.25, 0.3) is 0 Å². The molecule has 2 aromatic carbocycles. The molecule has 0 saturated carbocycles. The number of aromatic nitrogens is 2. The van der Waals surface area contributed by atoms with Crippen LogP contribution in [0.5, 0.6) is 5.75 Å². The van der Waals surface area contributed by atoms with Crippen molar-refractivity contribution in [3.63, 3.8) is 0 Å². The summed E-state index contributed by atoms with van der Waals surface area (Å²) < 4.78 is 89.5. The summed E-state index contributed by atoms with van der Waals surface area (Å²) >= 11 is 0. The van der Waals surface area contributed by atoms with Gasteiger partial charge in [0.2, 0.25) is 11.7 Å². The molecule has 0 amide bonds. The molecular weight excluding hydrogens is 492 g/mol. The van der Waals surface area contributed by atoms with E-state index in [-0.39, 0.29) is 29.6 Å². The molecule has 6 nitrogen and oxygen atoms in total. The Balaban J connectivity index is 1.36. The van der Waals surface area contributed by atoms with Crippen LogP contribution in [-0.2, 0) is 18.8 Å². The van der Waals surface area contributed by atoms with Crippen LogP contribution in [0.3, 0.4) is 0 Å². The number of ether oxygens (including phenoxy) is 1. The topological polar surface area (TPSA) is 80.4 Å². The van der Waals surface area contributed by atoms with Gasteiger partial charge >= 0.3 is 12.4 Å². The summed E-state index contributed by atoms with van der Waals surface area (Å²) in [5, 5.41) is 16.7. The van der Waals surface area contributed by atoms with Crippen molar-refractivity contribution in [2.24, 2.45) is 0 Å². The monoisotopic (exact) mass is 515 g/mol. The third-order valence-corrected chi connectivity index (χ3v) is 5.84. The average Bonchev–Trinajstić information content (AvgIpc) is 3.47. The molecule has 0 aliphatic carbocycles. The smallest absolute Gasteiger partial charge is 0.419 e. The van der Waals surface area contributed by atoms with Gasteiger partial charge in [0.05, 0.1) is 23.8 Å². The van der Waals surface area contributed by atoms with Crippen LogP contribution in [0.4, 0.5) is 26.3 Å². The Bertz CT molecular complexity index is 1160. The quantitative estimate of drug-likeness (QED) is 0.302. The fourth-order valence-electron chi connectivity index (χ4n) is 3.91. The van der Waals surface area contributed by atoms with E-state index in [1.807, 2.05) is 0 Å². The van der Waals surface area contributed by atoms with Crippen LogP contribution in [0.15, 0.2) is 47.0 Å². The number of unbranched alkanes of at least 4 members (excludes halogenated alkanes) is 1. The van der Waals surface area contributed by atoms with E-state index < -0.39 is 35.6 Å². The molecule has 3 aromatic rings. The van der Waals surface area contributed by atoms with E-state index in [0.29, 0.717) is 37.8 Å². The largest absolute Gasteiger partial charge is 0.493 e. The maximum absolute atomic E-state index is 13.7. The zero-order chi connectivity index (χ0) is 25.9. The minimum Gasteiger partial charge on any atom is -0.493 e. The first-order valence-corrected chi connectivity index (χ1v) is 11.3. The van der Waals surface area contributed by atoms with Crippen molar-refractivity contribution in [3.05, 3.63) is 65.0 Å². The average molecular weight is 515 g/mol. The molecule has 0 spiro atoms. The maximum Gasteiger partial charge on any atom is 0.419 e. The highest BCUT2D eigenvalue weighted by molar-refractivity contribution is 5.59. The molecule has 1 fully saturated rings. The highest BCUT2D eigenvalue weighted by atomic mass is 19.4. The number of aliphatic hydroxyl groups excluding tert-OH is 1. The van der Waals surface area contributed by atoms with Crippen molar-refractivity contribution in [2.45, 2.75) is 50.2 Å². The van der Waals surface area contributed by atoms with E-state index >= 15 is 0 Å². The molecule has 1 saturated heterocycles. The van der Waals surface area contributed by atoms with Crippen LogP contribution in [0.2, 0.25) is 0 Å². The molecule has 1 aliphatic heterocycles. The molecule has 1 aromatic heterocycles. The second-order valence-corrected chi connectivity index (χ2v) is 8.45. The van der Waals surface area contributed by atoms with E-state index in [0.717, 1.165) is 18.2 Å². The molecule has 4 rings (SSSR count). The van der Waals surface area contributed by atoms with Crippen LogP contribution in [0, 0.1) is 0 Å². The number of rotatable bonds is 8. The van der Waals surface area contributed by atoms with Gasteiger partial charge in [-0.05, 0) is 68.1 Å². The number of halogens is 6. The van der Waals surface area contributed by atoms with Crippen LogP contribution in [0.1, 0.15) is 47.9 Å². The zero-order valence-electron chi connectivity index (χ0n) is 18.9. The molecular formula is C24H23F6N3O3. The van der Waals surface area contributed by atoms with E-state index in [1.165, 1.54) is 24.3 Å². The van der Waals surface area contributed by atoms with Gasteiger partial charge in [0, 0.05) is 5.56 Å². The van der Waals surface area contributed by atoms with Gasteiger partial charge in [-0.2, -0.15) is 31.3 Å². The van der Waals surface area contributed by atoms with Crippen LogP contribution >= 0.6 is 0 Å². The highest BCUT2D eigenvalue weighted by Crippen LogP contribution is 2.39. The normalized spacial score (nSPS) is 18.5. The van der Waals surface area contributed by atoms with Gasteiger partial charge in [-0.15, -0.1) is 0 Å². The van der Waals surface area contributed by atoms with E-state index in [1.54, 1.807) is 0 Å². The summed E-state index contributed by atoms with van der Waals surface area (Å²) in [4.78, 5) is 4.13. The lowest BCUT2D eigenvalue weighted by atomic mass is 10.1. The molecule has 2 heterocycles. The number of nitrogens with one attached hydrogen (secondary N) is 1. The summed E-state index contributed by atoms with van der Waals surface area (Å²) in [5.41, 5.74) is -0.946. The van der Waals surface area contributed by atoms with Crippen molar-refractivity contribution in [2.75, 3.05) is 13.2 Å². The number of aryl methyl sites for hydroxylation is 1. The number of aliphatic hydroxyl groups is 1. The van der Waals surface area contributed by atoms with Crippen LogP contribution in [-0.4, -0.2) is 34.5 Å². The number of nitrogens with zero attached hydrogens (tertiary/aromatic N) is 2. The van der Waals surface area contributed by atoms with Gasteiger partial charge < -0.3 is 19.7 Å². The highest BCUT2D eigenvalue weighted by Gasteiger charge is 2.36. The third-order valence-electron chi connectivity index (χ3n) is 5.84. The summed E-state index contributed by atoms with van der Waals surface area (Å²) in [6.45, 7) is 0.554. The van der Waals surface area contributed by atoms with Crippen molar-refractivity contribution in [3.8, 4) is 17.1 Å². The first-order valence-electron chi connectivity index (χ1n) is 11.3. The van der Waals surface area contributed by atoms with Gasteiger partial charge in [-0.3, -0.25) is 0 Å². The Labute approximate surface area is 202 Å². The van der Waals surface area contributed by atoms with Crippen LogP contribution < -0.4 is 10.1 Å². The Morgan fingerprint density at radius 2 is 1.75 bits per heavy atom. The first-order chi connectivity index (χ1) is 17.0. The molecule has 36 heavy (non-hydrogen) atoms. The lowest BCUT2D eigenvalue weighted by molar-refractivity contribution is -0.139. The predicted molar refractivity (Wildman–Crippen MR) is 116 cm³/mol. The van der Waals surface area contributed by atoms with Crippen molar-refractivity contribution < 1.29 is 40.7 Å². The fourth-order valence-corrected chi connectivity index (χ4v) is 3.91. The number of hydrogen-bond donors (Lipinski definition) is 2. The summed E-state index contributed by atoms with van der Waals surface area (Å²) in [7, 11) is 0. The molecule has 1 aliphatic rings. The molecule has 12 heteroatoms. The molecule has 0 bridgehead atoms. The Hall–Kier alpha value is -3.12. The molecule has 0 radical (unpaired) electrons. The van der Waals surface area contributed by atoms with Gasteiger partial charge in [0.15, 0.2) is 0 Å². The molecule has 2 atom stereocenters. The van der Waals surface area contributed by atoms with E-state index in [4.69, 9.17) is 9.26 Å². The summed E-state index contributed by atoms with van der Waals surface area (Å²) in [6, 6.07) is 7.66. The zero-order valence-corrected chi connectivity index (χ0v) is 18.9. The van der Waals surface area contributed by atoms with Crippen molar-refractivity contribution in [1.82, 2.24) is 15.5 Å². The third kappa shape index (κ3) is 6.16. The van der Waals surface area contributed by atoms with Gasteiger partial charge in [-0.25, -0.2) is 0 Å². The molecule has 0 unspecified atom stereocenters. The fraction of sp³-hybridized carbons (Fsp3) is 0.417. The van der Waals surface area contributed by atoms with E-state index in [2.05, 4.69) is 15.5 Å². The molecule has 2 N–H and O–H groups in total. The number of alkyl halides is 6. The number of hydrogen-bond acceptors (Lipinski definition) is 6. The Morgan fingerprint density at radius 1 is 1.00 bits per heavy atom. The lowest BCUT2D eigenvalue weighted by Crippen LogP contribution is -2.21. The van der Waals surface area contributed by atoms with Crippen molar-refractivity contribution >= 4 is 0 Å². The second kappa shape index (κ2) is 10.5. The Morgan fingerprint density at radius 3 is 2.39 bits per heavy atom. The lowest BCUT2D eigenvalue weighted by Gasteiger charge is -2.15. The SMILES string of the molecule is O[C@H]1CCN[C@@H]1c1nc(-c2ccc(OCCCCc3ccc(C(F)(F)F)cc3)c(C(F)(F)F)c2)no1. The van der Waals surface area contributed by atoms with Crippen molar-refractivity contribution in [1.29, 1.82) is 0 Å². The number of benzene rings is 2. The van der Waals surface area contributed by atoms with Crippen LogP contribution in [0.25, 0.3) is 11.4 Å².